The molecule has 178 valence electrons. The van der Waals surface area contributed by atoms with Gasteiger partial charge in [-0.3, -0.25) is 9.69 Å². The van der Waals surface area contributed by atoms with Crippen molar-refractivity contribution in [2.75, 3.05) is 25.2 Å². The molecule has 2 fully saturated rings. The number of hydrogen-bond donors (Lipinski definition) is 2. The number of carbonyl (C=O) groups is 2. The van der Waals surface area contributed by atoms with E-state index in [9.17, 15) is 9.59 Å². The van der Waals surface area contributed by atoms with Gasteiger partial charge in [0, 0.05) is 18.6 Å². The van der Waals surface area contributed by atoms with Gasteiger partial charge >= 0.3 is 5.97 Å². The number of aromatic nitrogens is 2. The van der Waals surface area contributed by atoms with E-state index in [2.05, 4.69) is 34.2 Å². The van der Waals surface area contributed by atoms with E-state index in [-0.39, 0.29) is 29.4 Å². The van der Waals surface area contributed by atoms with Crippen LogP contribution in [0.25, 0.3) is 0 Å². The molecule has 11 nitrogen and oxygen atoms in total. The van der Waals surface area contributed by atoms with E-state index in [0.29, 0.717) is 24.5 Å². The van der Waals surface area contributed by atoms with Crippen molar-refractivity contribution in [2.45, 2.75) is 58.0 Å². The van der Waals surface area contributed by atoms with E-state index >= 15 is 0 Å². The van der Waals surface area contributed by atoms with Gasteiger partial charge in [-0.1, -0.05) is 0 Å². The number of ether oxygens (including phenoxy) is 1. The van der Waals surface area contributed by atoms with Gasteiger partial charge in [0.1, 0.15) is 12.9 Å². The van der Waals surface area contributed by atoms with E-state index in [1.54, 1.807) is 17.9 Å². The van der Waals surface area contributed by atoms with Gasteiger partial charge in [-0.05, 0) is 65.1 Å². The number of anilines is 1. The van der Waals surface area contributed by atoms with E-state index in [0.717, 1.165) is 43.5 Å². The molecule has 33 heavy (non-hydrogen) atoms. The van der Waals surface area contributed by atoms with Crippen molar-refractivity contribution >= 4 is 24.0 Å². The largest absolute Gasteiger partial charge is 0.456 e. The van der Waals surface area contributed by atoms with Crippen molar-refractivity contribution < 1.29 is 14.3 Å². The van der Waals surface area contributed by atoms with Crippen LogP contribution in [-0.2, 0) is 20.9 Å². The Morgan fingerprint density at radius 3 is 2.52 bits per heavy atom. The SMILES string of the molecule is CC1=C(N2CCC3(CCC(C)(N(C)Cc4ccc(N(N)/C=N\N)nn4)CC3)C2=O)COC1=O. The first-order chi connectivity index (χ1) is 15.7. The van der Waals surface area contributed by atoms with E-state index < -0.39 is 0 Å². The quantitative estimate of drug-likeness (QED) is 0.209. The predicted octanol–water partition coefficient (Wildman–Crippen LogP) is 0.873. The number of carbonyl (C=O) groups excluding carboxylic acids is 2. The number of hydrazine groups is 1. The van der Waals surface area contributed by atoms with Crippen molar-refractivity contribution in [2.24, 2.45) is 22.2 Å². The van der Waals surface area contributed by atoms with Gasteiger partial charge in [0.15, 0.2) is 5.82 Å². The highest BCUT2D eigenvalue weighted by Gasteiger charge is 2.52. The lowest BCUT2D eigenvalue weighted by Gasteiger charge is -2.47. The zero-order chi connectivity index (χ0) is 23.8. The minimum atomic E-state index is -0.337. The Bertz CT molecular complexity index is 982. The Kier molecular flexibility index (Phi) is 6.10. The van der Waals surface area contributed by atoms with Crippen LogP contribution in [0.2, 0.25) is 0 Å². The Hall–Kier alpha value is -3.05. The first kappa shape index (κ1) is 23.1. The third-order valence-electron chi connectivity index (χ3n) is 7.68. The zero-order valence-corrected chi connectivity index (χ0v) is 19.5. The van der Waals surface area contributed by atoms with Crippen LogP contribution in [0, 0.1) is 5.41 Å². The Morgan fingerprint density at radius 1 is 1.21 bits per heavy atom. The molecule has 0 aromatic carbocycles. The van der Waals surface area contributed by atoms with Crippen LogP contribution in [-0.4, -0.2) is 64.0 Å². The lowest BCUT2D eigenvalue weighted by molar-refractivity contribution is -0.139. The monoisotopic (exact) mass is 456 g/mol. The molecule has 11 heteroatoms. The second kappa shape index (κ2) is 8.71. The third-order valence-corrected chi connectivity index (χ3v) is 7.68. The molecule has 0 bridgehead atoms. The standard InChI is InChI=1S/C22H32N8O3/c1-15-17(13-33-19(15)31)29-11-10-22(20(29)32)8-6-21(2,7-9-22)28(3)12-16-4-5-18(27-26-16)30(24)14-25-23/h4-5,14H,6-13,23-24H2,1-3H3/b25-14-. The molecule has 3 aliphatic rings. The van der Waals surface area contributed by atoms with E-state index in [1.165, 1.54) is 11.3 Å². The fourth-order valence-electron chi connectivity index (χ4n) is 5.08. The summed E-state index contributed by atoms with van der Waals surface area (Å²) in [5, 5.41) is 13.0. The van der Waals surface area contributed by atoms with Crippen LogP contribution in [0.3, 0.4) is 0 Å². The van der Waals surface area contributed by atoms with Crippen molar-refractivity contribution in [3.63, 3.8) is 0 Å². The first-order valence-electron chi connectivity index (χ1n) is 11.2. The van der Waals surface area contributed by atoms with Crippen LogP contribution in [0.15, 0.2) is 28.5 Å². The summed E-state index contributed by atoms with van der Waals surface area (Å²) in [6.45, 7) is 5.48. The molecule has 0 radical (unpaired) electrons. The van der Waals surface area contributed by atoms with Gasteiger partial charge in [0.2, 0.25) is 5.91 Å². The number of rotatable bonds is 6. The van der Waals surface area contributed by atoms with Gasteiger partial charge < -0.3 is 15.5 Å². The van der Waals surface area contributed by atoms with Crippen molar-refractivity contribution in [3.05, 3.63) is 29.1 Å². The van der Waals surface area contributed by atoms with E-state index in [4.69, 9.17) is 16.4 Å². The molecule has 1 amide bonds. The summed E-state index contributed by atoms with van der Waals surface area (Å²) in [7, 11) is 2.09. The number of amides is 1. The summed E-state index contributed by atoms with van der Waals surface area (Å²) in [5.74, 6) is 11.1. The van der Waals surface area contributed by atoms with Gasteiger partial charge in [-0.25, -0.2) is 15.6 Å². The normalized spacial score (nSPS) is 28.0. The van der Waals surface area contributed by atoms with Crippen molar-refractivity contribution in [3.8, 4) is 0 Å². The number of nitrogens with zero attached hydrogens (tertiary/aromatic N) is 6. The zero-order valence-electron chi connectivity index (χ0n) is 19.5. The predicted molar refractivity (Wildman–Crippen MR) is 122 cm³/mol. The molecule has 1 aromatic rings. The van der Waals surface area contributed by atoms with Crippen LogP contribution in [0.4, 0.5) is 5.82 Å². The maximum atomic E-state index is 13.4. The molecule has 0 atom stereocenters. The first-order valence-corrected chi connectivity index (χ1v) is 11.2. The highest BCUT2D eigenvalue weighted by Crippen LogP contribution is 2.50. The van der Waals surface area contributed by atoms with Gasteiger partial charge in [-0.2, -0.15) is 10.2 Å². The molecule has 1 saturated carbocycles. The van der Waals surface area contributed by atoms with Gasteiger partial charge in [-0.15, -0.1) is 5.10 Å². The number of nitrogens with two attached hydrogens (primary N) is 2. The Morgan fingerprint density at radius 2 is 1.94 bits per heavy atom. The molecule has 0 unspecified atom stereocenters. The number of likely N-dealkylation sites (tertiary alicyclic amines) is 1. The summed E-state index contributed by atoms with van der Waals surface area (Å²) in [5.41, 5.74) is 1.74. The van der Waals surface area contributed by atoms with Gasteiger partial charge in [0.25, 0.3) is 0 Å². The summed E-state index contributed by atoms with van der Waals surface area (Å²) in [4.78, 5) is 29.2. The Labute approximate surface area is 193 Å². The summed E-state index contributed by atoms with van der Waals surface area (Å²) in [6.07, 6.45) is 5.56. The number of esters is 1. The van der Waals surface area contributed by atoms with Crippen LogP contribution in [0.5, 0.6) is 0 Å². The average Bonchev–Trinajstić information content (AvgIpc) is 3.30. The number of hydrazone groups is 1. The van der Waals surface area contributed by atoms with Crippen LogP contribution < -0.4 is 16.7 Å². The average molecular weight is 457 g/mol. The molecule has 3 heterocycles. The molecule has 4 N–H and O–H groups in total. The van der Waals surface area contributed by atoms with E-state index in [1.807, 2.05) is 6.07 Å². The molecule has 1 spiro atoms. The lowest BCUT2D eigenvalue weighted by Crippen LogP contribution is -2.50. The summed E-state index contributed by atoms with van der Waals surface area (Å²) in [6, 6.07) is 3.66. The topological polar surface area (TPSA) is 143 Å². The third kappa shape index (κ3) is 4.18. The van der Waals surface area contributed by atoms with Crippen LogP contribution in [0.1, 0.15) is 51.6 Å². The lowest BCUT2D eigenvalue weighted by atomic mass is 9.66. The van der Waals surface area contributed by atoms with Gasteiger partial charge in [0.05, 0.1) is 22.4 Å². The number of hydrogen-bond acceptors (Lipinski definition) is 9. The maximum Gasteiger partial charge on any atom is 0.336 e. The molecule has 1 saturated heterocycles. The number of cyclic esters (lactones) is 1. The minimum absolute atomic E-state index is 0.0486. The molecular formula is C22H32N8O3. The molecule has 4 rings (SSSR count). The molecular weight excluding hydrogens is 424 g/mol. The van der Waals surface area contributed by atoms with Crippen LogP contribution >= 0.6 is 0 Å². The maximum absolute atomic E-state index is 13.4. The second-order valence-electron chi connectivity index (χ2n) is 9.54. The van der Waals surface area contributed by atoms with Crippen molar-refractivity contribution in [1.29, 1.82) is 0 Å². The summed E-state index contributed by atoms with van der Waals surface area (Å²) < 4.78 is 5.12. The highest BCUT2D eigenvalue weighted by molar-refractivity contribution is 5.94. The highest BCUT2D eigenvalue weighted by atomic mass is 16.5. The second-order valence-corrected chi connectivity index (χ2v) is 9.54. The fourth-order valence-corrected chi connectivity index (χ4v) is 5.08. The molecule has 2 aliphatic heterocycles. The molecule has 1 aromatic heterocycles. The fraction of sp³-hybridized carbons (Fsp3) is 0.591. The summed E-state index contributed by atoms with van der Waals surface area (Å²) >= 11 is 0. The van der Waals surface area contributed by atoms with Crippen molar-refractivity contribution in [1.82, 2.24) is 20.0 Å². The minimum Gasteiger partial charge on any atom is -0.456 e. The molecule has 1 aliphatic carbocycles. The Balaban J connectivity index is 1.38. The smallest absolute Gasteiger partial charge is 0.336 e.